The quantitative estimate of drug-likeness (QED) is 0.718. The molecule has 0 aliphatic carbocycles. The predicted octanol–water partition coefficient (Wildman–Crippen LogP) is -0.956. The fourth-order valence-electron chi connectivity index (χ4n) is 1.20. The molecule has 0 bridgehead atoms. The molecular weight excluding hydrogens is 208 g/mol. The summed E-state index contributed by atoms with van der Waals surface area (Å²) in [5, 5.41) is 19.6. The van der Waals surface area contributed by atoms with Gasteiger partial charge in [-0.3, -0.25) is 0 Å². The lowest BCUT2D eigenvalue weighted by Gasteiger charge is -2.13. The first kappa shape index (κ1) is 10.7. The SMILES string of the molecule is Cn1nnc(Cn2cc(C(C)(C)N)nn2)n1. The van der Waals surface area contributed by atoms with E-state index in [1.165, 1.54) is 4.80 Å². The Morgan fingerprint density at radius 2 is 2.06 bits per heavy atom. The van der Waals surface area contributed by atoms with Crippen molar-refractivity contribution in [3.05, 3.63) is 17.7 Å². The Hall–Kier alpha value is -1.83. The summed E-state index contributed by atoms with van der Waals surface area (Å²) in [6.07, 6.45) is 1.79. The summed E-state index contributed by atoms with van der Waals surface area (Å²) in [5.41, 5.74) is 6.14. The van der Waals surface area contributed by atoms with Crippen LogP contribution in [0.15, 0.2) is 6.20 Å². The Bertz CT molecular complexity index is 476. The number of tetrazole rings is 1. The molecule has 86 valence electrons. The van der Waals surface area contributed by atoms with Gasteiger partial charge >= 0.3 is 0 Å². The van der Waals surface area contributed by atoms with Gasteiger partial charge in [0.05, 0.1) is 18.8 Å². The number of nitrogens with zero attached hydrogens (tertiary/aromatic N) is 7. The van der Waals surface area contributed by atoms with E-state index < -0.39 is 5.54 Å². The van der Waals surface area contributed by atoms with Gasteiger partial charge in [-0.1, -0.05) is 5.21 Å². The number of hydrogen-bond donors (Lipinski definition) is 1. The minimum Gasteiger partial charge on any atom is -0.320 e. The molecule has 8 nitrogen and oxygen atoms in total. The molecule has 0 fully saturated rings. The summed E-state index contributed by atoms with van der Waals surface area (Å²) < 4.78 is 1.64. The van der Waals surface area contributed by atoms with E-state index in [1.807, 2.05) is 13.8 Å². The minimum atomic E-state index is -0.492. The second-order valence-corrected chi connectivity index (χ2v) is 4.22. The van der Waals surface area contributed by atoms with Crippen LogP contribution in [-0.2, 0) is 19.1 Å². The lowest BCUT2D eigenvalue weighted by molar-refractivity contribution is 0.533. The summed E-state index contributed by atoms with van der Waals surface area (Å²) in [7, 11) is 1.71. The van der Waals surface area contributed by atoms with Crippen LogP contribution in [0.25, 0.3) is 0 Å². The Kier molecular flexibility index (Phi) is 2.43. The normalized spacial score (nSPS) is 12.0. The maximum atomic E-state index is 5.90. The van der Waals surface area contributed by atoms with E-state index in [0.29, 0.717) is 12.4 Å². The second kappa shape index (κ2) is 3.63. The molecule has 0 aliphatic heterocycles. The molecule has 2 aromatic heterocycles. The molecule has 2 heterocycles. The maximum Gasteiger partial charge on any atom is 0.196 e. The summed E-state index contributed by atoms with van der Waals surface area (Å²) in [6, 6.07) is 0. The van der Waals surface area contributed by atoms with Crippen LogP contribution < -0.4 is 5.73 Å². The monoisotopic (exact) mass is 222 g/mol. The molecule has 0 amide bonds. The highest BCUT2D eigenvalue weighted by molar-refractivity contribution is 5.05. The number of rotatable bonds is 3. The third-order valence-electron chi connectivity index (χ3n) is 2.05. The zero-order valence-electron chi connectivity index (χ0n) is 9.49. The molecule has 8 heteroatoms. The van der Waals surface area contributed by atoms with Crippen molar-refractivity contribution in [2.45, 2.75) is 25.9 Å². The van der Waals surface area contributed by atoms with Gasteiger partial charge in [-0.15, -0.1) is 15.3 Å². The van der Waals surface area contributed by atoms with Crippen molar-refractivity contribution < 1.29 is 0 Å². The minimum absolute atomic E-state index is 0.441. The standard InChI is InChI=1S/C8H14N8/c1-8(2,9)6-4-16(14-10-6)5-7-11-13-15(3)12-7/h4H,5,9H2,1-3H3. The first-order valence-electron chi connectivity index (χ1n) is 4.87. The van der Waals surface area contributed by atoms with Crippen LogP contribution in [-0.4, -0.2) is 35.2 Å². The average molecular weight is 222 g/mol. The first-order chi connectivity index (χ1) is 7.45. The molecule has 16 heavy (non-hydrogen) atoms. The Morgan fingerprint density at radius 1 is 1.31 bits per heavy atom. The first-order valence-corrected chi connectivity index (χ1v) is 4.87. The highest BCUT2D eigenvalue weighted by atomic mass is 15.6. The van der Waals surface area contributed by atoms with Gasteiger partial charge in [0, 0.05) is 0 Å². The summed E-state index contributed by atoms with van der Waals surface area (Å²) >= 11 is 0. The smallest absolute Gasteiger partial charge is 0.196 e. The number of aromatic nitrogens is 7. The molecular formula is C8H14N8. The molecule has 0 unspecified atom stereocenters. The van der Waals surface area contributed by atoms with Gasteiger partial charge in [0.1, 0.15) is 12.2 Å². The van der Waals surface area contributed by atoms with Gasteiger partial charge in [0.25, 0.3) is 0 Å². The van der Waals surface area contributed by atoms with Crippen molar-refractivity contribution in [1.29, 1.82) is 0 Å². The van der Waals surface area contributed by atoms with Crippen molar-refractivity contribution >= 4 is 0 Å². The Labute approximate surface area is 92.4 Å². The summed E-state index contributed by atoms with van der Waals surface area (Å²) in [4.78, 5) is 1.40. The van der Waals surface area contributed by atoms with Crippen LogP contribution in [0.1, 0.15) is 25.4 Å². The molecule has 2 rings (SSSR count). The van der Waals surface area contributed by atoms with E-state index in [9.17, 15) is 0 Å². The molecule has 0 saturated heterocycles. The highest BCUT2D eigenvalue weighted by Gasteiger charge is 2.18. The summed E-state index contributed by atoms with van der Waals surface area (Å²) in [5.74, 6) is 0.591. The fourth-order valence-corrected chi connectivity index (χ4v) is 1.20. The molecule has 0 saturated carbocycles. The van der Waals surface area contributed by atoms with Crippen molar-refractivity contribution in [3.63, 3.8) is 0 Å². The van der Waals surface area contributed by atoms with Crippen LogP contribution in [0.5, 0.6) is 0 Å². The maximum absolute atomic E-state index is 5.90. The fraction of sp³-hybridized carbons (Fsp3) is 0.625. The molecule has 0 radical (unpaired) electrons. The third-order valence-corrected chi connectivity index (χ3v) is 2.05. The van der Waals surface area contributed by atoms with Crippen LogP contribution in [0.4, 0.5) is 0 Å². The zero-order valence-corrected chi connectivity index (χ0v) is 9.49. The Balaban J connectivity index is 2.14. The van der Waals surface area contributed by atoms with Gasteiger partial charge in [-0.25, -0.2) is 4.68 Å². The van der Waals surface area contributed by atoms with Crippen molar-refractivity contribution in [2.24, 2.45) is 12.8 Å². The van der Waals surface area contributed by atoms with Gasteiger partial charge < -0.3 is 5.73 Å². The lowest BCUT2D eigenvalue weighted by Crippen LogP contribution is -2.29. The van der Waals surface area contributed by atoms with Crippen LogP contribution in [0.3, 0.4) is 0 Å². The van der Waals surface area contributed by atoms with Crippen LogP contribution in [0, 0.1) is 0 Å². The largest absolute Gasteiger partial charge is 0.320 e. The van der Waals surface area contributed by atoms with E-state index in [2.05, 4.69) is 25.7 Å². The van der Waals surface area contributed by atoms with Gasteiger partial charge in [0.15, 0.2) is 5.82 Å². The summed E-state index contributed by atoms with van der Waals surface area (Å²) in [6.45, 7) is 4.20. The average Bonchev–Trinajstić information content (AvgIpc) is 2.74. The van der Waals surface area contributed by atoms with Gasteiger partial charge in [0.2, 0.25) is 0 Å². The predicted molar refractivity (Wildman–Crippen MR) is 55.1 cm³/mol. The second-order valence-electron chi connectivity index (χ2n) is 4.22. The van der Waals surface area contributed by atoms with Crippen molar-refractivity contribution in [1.82, 2.24) is 35.2 Å². The third kappa shape index (κ3) is 2.22. The number of aryl methyl sites for hydroxylation is 1. The molecule has 2 aromatic rings. The molecule has 0 aliphatic rings. The molecule has 0 aromatic carbocycles. The topological polar surface area (TPSA) is 100 Å². The van der Waals surface area contributed by atoms with E-state index in [1.54, 1.807) is 17.9 Å². The zero-order chi connectivity index (χ0) is 11.8. The van der Waals surface area contributed by atoms with Crippen molar-refractivity contribution in [2.75, 3.05) is 0 Å². The van der Waals surface area contributed by atoms with Crippen LogP contribution >= 0.6 is 0 Å². The lowest BCUT2D eigenvalue weighted by atomic mass is 10.0. The molecule has 2 N–H and O–H groups in total. The van der Waals surface area contributed by atoms with Gasteiger partial charge in [-0.05, 0) is 19.1 Å². The van der Waals surface area contributed by atoms with Crippen molar-refractivity contribution in [3.8, 4) is 0 Å². The van der Waals surface area contributed by atoms with E-state index >= 15 is 0 Å². The highest BCUT2D eigenvalue weighted by Crippen LogP contribution is 2.12. The number of hydrogen-bond acceptors (Lipinski definition) is 6. The van der Waals surface area contributed by atoms with Crippen LogP contribution in [0.2, 0.25) is 0 Å². The van der Waals surface area contributed by atoms with E-state index in [0.717, 1.165) is 5.69 Å². The van der Waals surface area contributed by atoms with E-state index in [-0.39, 0.29) is 0 Å². The van der Waals surface area contributed by atoms with E-state index in [4.69, 9.17) is 5.73 Å². The van der Waals surface area contributed by atoms with Gasteiger partial charge in [-0.2, -0.15) is 4.80 Å². The molecule has 0 atom stereocenters. The Morgan fingerprint density at radius 3 is 2.56 bits per heavy atom. The number of nitrogens with two attached hydrogens (primary N) is 1. The molecule has 0 spiro atoms.